The van der Waals surface area contributed by atoms with Crippen molar-refractivity contribution in [2.24, 2.45) is 13.0 Å². The van der Waals surface area contributed by atoms with E-state index in [1.807, 2.05) is 19.2 Å². The lowest BCUT2D eigenvalue weighted by Crippen LogP contribution is -2.26. The van der Waals surface area contributed by atoms with Crippen LogP contribution in [0.25, 0.3) is 11.0 Å². The number of anilines is 2. The standard InChI is InChI=1S/C29H34N4O2/c1-6-10-27(34)33(25-17-19(3)18(2)15-23(25)22-16-20(22)4)26-14-13-24-28(30-26)29(31-32(24)5)35-21-11-8-7-9-12-21/h13-15,17,20-22H,7-9,11-12,16H2,1-5H3. The van der Waals surface area contributed by atoms with Gasteiger partial charge in [0, 0.05) is 7.05 Å². The average molecular weight is 471 g/mol. The summed E-state index contributed by atoms with van der Waals surface area (Å²) in [5, 5.41) is 4.63. The lowest BCUT2D eigenvalue weighted by molar-refractivity contribution is -0.112. The third kappa shape index (κ3) is 4.52. The first-order valence-corrected chi connectivity index (χ1v) is 12.8. The van der Waals surface area contributed by atoms with Gasteiger partial charge in [0.15, 0.2) is 5.52 Å². The number of pyridine rings is 1. The van der Waals surface area contributed by atoms with Crippen LogP contribution in [-0.4, -0.2) is 26.8 Å². The number of benzene rings is 1. The van der Waals surface area contributed by atoms with E-state index in [9.17, 15) is 4.79 Å². The van der Waals surface area contributed by atoms with Gasteiger partial charge in [-0.25, -0.2) is 4.98 Å². The molecule has 0 saturated heterocycles. The predicted octanol–water partition coefficient (Wildman–Crippen LogP) is 6.11. The van der Waals surface area contributed by atoms with Crippen molar-refractivity contribution in [1.29, 1.82) is 0 Å². The minimum absolute atomic E-state index is 0.165. The molecule has 2 aliphatic carbocycles. The summed E-state index contributed by atoms with van der Waals surface area (Å²) >= 11 is 0. The molecule has 0 aliphatic heterocycles. The maximum absolute atomic E-state index is 13.4. The zero-order valence-electron chi connectivity index (χ0n) is 21.4. The molecule has 2 unspecified atom stereocenters. The highest BCUT2D eigenvalue weighted by molar-refractivity contribution is 6.11. The average Bonchev–Trinajstić information content (AvgIpc) is 3.49. The fourth-order valence-corrected chi connectivity index (χ4v) is 5.21. The van der Waals surface area contributed by atoms with E-state index in [0.29, 0.717) is 29.1 Å². The number of hydrogen-bond acceptors (Lipinski definition) is 4. The van der Waals surface area contributed by atoms with Crippen LogP contribution in [0.15, 0.2) is 24.3 Å². The van der Waals surface area contributed by atoms with Gasteiger partial charge in [-0.3, -0.25) is 14.4 Å². The number of aromatic nitrogens is 3. The summed E-state index contributed by atoms with van der Waals surface area (Å²) in [6.07, 6.45) is 7.01. The Hall–Kier alpha value is -3.33. The van der Waals surface area contributed by atoms with Gasteiger partial charge in [0.05, 0.1) is 11.2 Å². The van der Waals surface area contributed by atoms with Crippen molar-refractivity contribution in [3.63, 3.8) is 0 Å². The van der Waals surface area contributed by atoms with Crippen molar-refractivity contribution in [3.8, 4) is 17.7 Å². The van der Waals surface area contributed by atoms with Crippen molar-refractivity contribution >= 4 is 28.4 Å². The quantitative estimate of drug-likeness (QED) is 0.422. The van der Waals surface area contributed by atoms with Gasteiger partial charge >= 0.3 is 5.91 Å². The first-order valence-electron chi connectivity index (χ1n) is 12.8. The normalized spacial score (nSPS) is 19.8. The number of hydrogen-bond donors (Lipinski definition) is 0. The lowest BCUT2D eigenvalue weighted by Gasteiger charge is -2.24. The van der Waals surface area contributed by atoms with Crippen LogP contribution in [0.3, 0.4) is 0 Å². The second kappa shape index (κ2) is 9.37. The Bertz CT molecular complexity index is 1340. The van der Waals surface area contributed by atoms with Crippen LogP contribution < -0.4 is 9.64 Å². The molecule has 3 aromatic rings. The Balaban J connectivity index is 1.63. The van der Waals surface area contributed by atoms with Crippen LogP contribution in [0.1, 0.15) is 75.0 Å². The van der Waals surface area contributed by atoms with E-state index in [-0.39, 0.29) is 12.0 Å². The number of aryl methyl sites for hydroxylation is 3. The maximum atomic E-state index is 13.4. The minimum Gasteiger partial charge on any atom is -0.472 e. The molecule has 0 N–H and O–H groups in total. The third-order valence-electron chi connectivity index (χ3n) is 7.54. The monoisotopic (exact) mass is 470 g/mol. The maximum Gasteiger partial charge on any atom is 0.308 e. The smallest absolute Gasteiger partial charge is 0.308 e. The van der Waals surface area contributed by atoms with Crippen LogP contribution >= 0.6 is 0 Å². The number of carbonyl (C=O) groups excluding carboxylic acids is 1. The molecule has 2 atom stereocenters. The SMILES string of the molecule is CC#CC(=O)N(c1ccc2c(n1)c(OC1CCCCC1)nn2C)c1cc(C)c(C)cc1C1CC1C. The minimum atomic E-state index is -0.282. The van der Waals surface area contributed by atoms with Crippen molar-refractivity contribution in [2.75, 3.05) is 4.90 Å². The van der Waals surface area contributed by atoms with Gasteiger partial charge in [-0.1, -0.05) is 25.3 Å². The van der Waals surface area contributed by atoms with Gasteiger partial charge in [0.25, 0.3) is 5.88 Å². The van der Waals surface area contributed by atoms with Gasteiger partial charge in [0.1, 0.15) is 11.9 Å². The van der Waals surface area contributed by atoms with Crippen LogP contribution in [-0.2, 0) is 11.8 Å². The molecule has 2 aromatic heterocycles. The van der Waals surface area contributed by atoms with Gasteiger partial charge < -0.3 is 4.74 Å². The van der Waals surface area contributed by atoms with E-state index < -0.39 is 0 Å². The van der Waals surface area contributed by atoms with E-state index in [4.69, 9.17) is 9.72 Å². The van der Waals surface area contributed by atoms with Gasteiger partial charge in [0.2, 0.25) is 0 Å². The number of carbonyl (C=O) groups is 1. The number of fused-ring (bicyclic) bond motifs is 1. The molecule has 5 rings (SSSR count). The van der Waals surface area contributed by atoms with E-state index in [1.165, 1.54) is 30.4 Å². The number of amides is 1. The summed E-state index contributed by atoms with van der Waals surface area (Å²) in [6.45, 7) is 8.16. The van der Waals surface area contributed by atoms with E-state index in [1.54, 1.807) is 16.5 Å². The van der Waals surface area contributed by atoms with Crippen LogP contribution in [0, 0.1) is 31.6 Å². The molecule has 182 valence electrons. The Morgan fingerprint density at radius 3 is 2.54 bits per heavy atom. The van der Waals surface area contributed by atoms with Crippen molar-refractivity contribution in [3.05, 3.63) is 41.0 Å². The summed E-state index contributed by atoms with van der Waals surface area (Å²) in [5.41, 5.74) is 6.01. The highest BCUT2D eigenvalue weighted by Gasteiger charge is 2.38. The molecular weight excluding hydrogens is 436 g/mol. The molecule has 2 heterocycles. The fourth-order valence-electron chi connectivity index (χ4n) is 5.21. The Labute approximate surface area is 207 Å². The third-order valence-corrected chi connectivity index (χ3v) is 7.54. The Morgan fingerprint density at radius 2 is 1.86 bits per heavy atom. The fraction of sp³-hybridized carbons (Fsp3) is 0.483. The lowest BCUT2D eigenvalue weighted by atomic mass is 9.98. The molecule has 2 saturated carbocycles. The van der Waals surface area contributed by atoms with E-state index in [2.05, 4.69) is 49.8 Å². The first kappa shape index (κ1) is 23.4. The highest BCUT2D eigenvalue weighted by Crippen LogP contribution is 2.51. The van der Waals surface area contributed by atoms with Gasteiger partial charge in [-0.05, 0) is 106 Å². The summed E-state index contributed by atoms with van der Waals surface area (Å²) < 4.78 is 8.13. The van der Waals surface area contributed by atoms with Crippen molar-refractivity contribution in [2.45, 2.75) is 78.2 Å². The zero-order valence-corrected chi connectivity index (χ0v) is 21.4. The number of nitrogens with zero attached hydrogens (tertiary/aromatic N) is 4. The second-order valence-corrected chi connectivity index (χ2v) is 10.2. The molecule has 2 aliphatic rings. The summed E-state index contributed by atoms with van der Waals surface area (Å²) in [6, 6.07) is 8.20. The predicted molar refractivity (Wildman–Crippen MR) is 139 cm³/mol. The molecule has 35 heavy (non-hydrogen) atoms. The molecule has 6 nitrogen and oxygen atoms in total. The summed E-state index contributed by atoms with van der Waals surface area (Å²) in [5.74, 6) is 7.39. The molecule has 6 heteroatoms. The second-order valence-electron chi connectivity index (χ2n) is 10.2. The zero-order chi connectivity index (χ0) is 24.7. The Morgan fingerprint density at radius 1 is 1.14 bits per heavy atom. The summed E-state index contributed by atoms with van der Waals surface area (Å²) in [7, 11) is 1.90. The van der Waals surface area contributed by atoms with E-state index in [0.717, 1.165) is 36.0 Å². The van der Waals surface area contributed by atoms with Crippen molar-refractivity contribution in [1.82, 2.24) is 14.8 Å². The largest absolute Gasteiger partial charge is 0.472 e. The summed E-state index contributed by atoms with van der Waals surface area (Å²) in [4.78, 5) is 20.1. The molecule has 0 spiro atoms. The molecular formula is C29H34N4O2. The van der Waals surface area contributed by atoms with Crippen molar-refractivity contribution < 1.29 is 9.53 Å². The van der Waals surface area contributed by atoms with Crippen LogP contribution in [0.4, 0.5) is 11.5 Å². The van der Waals surface area contributed by atoms with Crippen LogP contribution in [0.2, 0.25) is 0 Å². The van der Waals surface area contributed by atoms with E-state index >= 15 is 0 Å². The molecule has 0 radical (unpaired) electrons. The molecule has 0 bridgehead atoms. The molecule has 1 aromatic carbocycles. The topological polar surface area (TPSA) is 60.3 Å². The van der Waals surface area contributed by atoms with Crippen LogP contribution in [0.5, 0.6) is 5.88 Å². The van der Waals surface area contributed by atoms with Gasteiger partial charge in [-0.15, -0.1) is 5.10 Å². The first-order chi connectivity index (χ1) is 16.9. The highest BCUT2D eigenvalue weighted by atomic mass is 16.5. The van der Waals surface area contributed by atoms with Gasteiger partial charge in [-0.2, -0.15) is 0 Å². The Kier molecular flexibility index (Phi) is 6.27. The molecule has 2 fully saturated rings. The number of ether oxygens (including phenoxy) is 1. The molecule has 1 amide bonds. The number of rotatable bonds is 5.